The summed E-state index contributed by atoms with van der Waals surface area (Å²) in [6.45, 7) is 0. The fourth-order valence-electron chi connectivity index (χ4n) is 0.792. The fourth-order valence-corrected chi connectivity index (χ4v) is 0.792. The molecule has 0 bridgehead atoms. The molecular formula is C7H8F2N2. The van der Waals surface area contributed by atoms with Crippen LogP contribution in [0.5, 0.6) is 0 Å². The van der Waals surface area contributed by atoms with Crippen LogP contribution in [0.1, 0.15) is 0 Å². The molecule has 0 saturated heterocycles. The minimum absolute atomic E-state index is 0.0718. The van der Waals surface area contributed by atoms with Crippen molar-refractivity contribution in [2.45, 2.75) is 0 Å². The second-order valence-corrected chi connectivity index (χ2v) is 2.11. The molecule has 1 aromatic carbocycles. The third kappa shape index (κ3) is 1.39. The smallest absolute Gasteiger partial charge is 0.169 e. The Labute approximate surface area is 63.0 Å². The van der Waals surface area contributed by atoms with Gasteiger partial charge in [-0.3, -0.25) is 0 Å². The van der Waals surface area contributed by atoms with Crippen molar-refractivity contribution >= 4 is 11.4 Å². The zero-order valence-electron chi connectivity index (χ0n) is 5.99. The van der Waals surface area contributed by atoms with Crippen LogP contribution in [0.2, 0.25) is 0 Å². The summed E-state index contributed by atoms with van der Waals surface area (Å²) in [7, 11) is 1.50. The van der Waals surface area contributed by atoms with E-state index in [-0.39, 0.29) is 11.4 Å². The molecule has 3 N–H and O–H groups in total. The minimum Gasteiger partial charge on any atom is -0.396 e. The van der Waals surface area contributed by atoms with Crippen LogP contribution in [0.3, 0.4) is 0 Å². The van der Waals surface area contributed by atoms with E-state index in [4.69, 9.17) is 5.73 Å². The number of nitrogen functional groups attached to an aromatic ring is 1. The van der Waals surface area contributed by atoms with Gasteiger partial charge in [0.25, 0.3) is 0 Å². The molecule has 4 heteroatoms. The molecule has 0 heterocycles. The summed E-state index contributed by atoms with van der Waals surface area (Å²) in [5.74, 6) is -1.16. The molecule has 11 heavy (non-hydrogen) atoms. The van der Waals surface area contributed by atoms with Crippen molar-refractivity contribution < 1.29 is 8.78 Å². The Morgan fingerprint density at radius 2 is 2.00 bits per heavy atom. The quantitative estimate of drug-likeness (QED) is 0.609. The Hall–Kier alpha value is -1.32. The Kier molecular flexibility index (Phi) is 1.94. The van der Waals surface area contributed by atoms with E-state index in [0.717, 1.165) is 12.1 Å². The largest absolute Gasteiger partial charge is 0.396 e. The van der Waals surface area contributed by atoms with Crippen LogP contribution in [0.15, 0.2) is 12.1 Å². The van der Waals surface area contributed by atoms with Gasteiger partial charge in [-0.25, -0.2) is 8.78 Å². The lowest BCUT2D eigenvalue weighted by atomic mass is 10.2. The molecule has 0 aliphatic heterocycles. The summed E-state index contributed by atoms with van der Waals surface area (Å²) < 4.78 is 25.3. The average molecular weight is 158 g/mol. The number of nitrogens with two attached hydrogens (primary N) is 1. The first-order valence-electron chi connectivity index (χ1n) is 3.07. The number of halogens is 2. The Morgan fingerprint density at radius 3 is 2.55 bits per heavy atom. The van der Waals surface area contributed by atoms with Crippen molar-refractivity contribution in [1.29, 1.82) is 0 Å². The first-order chi connectivity index (χ1) is 5.15. The van der Waals surface area contributed by atoms with Crippen LogP contribution in [0.25, 0.3) is 0 Å². The number of hydrogen-bond donors (Lipinski definition) is 2. The number of anilines is 2. The minimum atomic E-state index is -0.617. The van der Waals surface area contributed by atoms with Crippen molar-refractivity contribution in [3.05, 3.63) is 23.8 Å². The lowest BCUT2D eigenvalue weighted by Crippen LogP contribution is -1.98. The highest BCUT2D eigenvalue weighted by atomic mass is 19.1. The Bertz CT molecular complexity index is 273. The summed E-state index contributed by atoms with van der Waals surface area (Å²) in [6, 6.07) is 1.99. The van der Waals surface area contributed by atoms with Crippen LogP contribution in [0, 0.1) is 11.6 Å². The molecule has 0 aromatic heterocycles. The molecule has 0 unspecified atom stereocenters. The molecule has 1 rings (SSSR count). The zero-order valence-corrected chi connectivity index (χ0v) is 5.99. The number of nitrogens with one attached hydrogen (secondary N) is 1. The van der Waals surface area contributed by atoms with Gasteiger partial charge in [0.1, 0.15) is 5.82 Å². The molecule has 0 atom stereocenters. The summed E-state index contributed by atoms with van der Waals surface area (Å²) in [4.78, 5) is 0. The topological polar surface area (TPSA) is 38.0 Å². The highest BCUT2D eigenvalue weighted by Crippen LogP contribution is 2.20. The second-order valence-electron chi connectivity index (χ2n) is 2.11. The van der Waals surface area contributed by atoms with Gasteiger partial charge in [0.2, 0.25) is 0 Å². The van der Waals surface area contributed by atoms with Crippen molar-refractivity contribution in [3.8, 4) is 0 Å². The molecule has 2 nitrogen and oxygen atoms in total. The van der Waals surface area contributed by atoms with Crippen molar-refractivity contribution in [2.24, 2.45) is 0 Å². The molecule has 1 aromatic rings. The zero-order chi connectivity index (χ0) is 8.43. The van der Waals surface area contributed by atoms with Gasteiger partial charge < -0.3 is 11.1 Å². The molecule has 0 fully saturated rings. The van der Waals surface area contributed by atoms with E-state index in [1.54, 1.807) is 0 Å². The molecule has 0 amide bonds. The molecule has 0 aliphatic rings. The van der Waals surface area contributed by atoms with Gasteiger partial charge in [-0.1, -0.05) is 0 Å². The van der Waals surface area contributed by atoms with Crippen molar-refractivity contribution in [1.82, 2.24) is 0 Å². The number of hydrogen-bond acceptors (Lipinski definition) is 2. The van der Waals surface area contributed by atoms with Crippen molar-refractivity contribution in [2.75, 3.05) is 18.1 Å². The third-order valence-corrected chi connectivity index (χ3v) is 1.33. The first-order valence-corrected chi connectivity index (χ1v) is 3.07. The van der Waals surface area contributed by atoms with E-state index in [2.05, 4.69) is 5.32 Å². The van der Waals surface area contributed by atoms with Crippen molar-refractivity contribution in [3.63, 3.8) is 0 Å². The normalized spacial score (nSPS) is 9.73. The van der Waals surface area contributed by atoms with Crippen LogP contribution in [-0.2, 0) is 0 Å². The summed E-state index contributed by atoms with van der Waals surface area (Å²) >= 11 is 0. The second kappa shape index (κ2) is 2.74. The Balaban J connectivity index is 3.24. The maximum absolute atomic E-state index is 12.8. The molecule has 0 spiro atoms. The SMILES string of the molecule is CNc1cc(F)cc(N)c1F. The lowest BCUT2D eigenvalue weighted by molar-refractivity contribution is 0.607. The first kappa shape index (κ1) is 7.78. The van der Waals surface area contributed by atoms with Crippen LogP contribution in [-0.4, -0.2) is 7.05 Å². The maximum atomic E-state index is 12.8. The molecule has 0 saturated carbocycles. The molecule has 60 valence electrons. The number of rotatable bonds is 1. The standard InChI is InChI=1S/C7H8F2N2/c1-11-6-3-4(8)2-5(10)7(6)9/h2-3,11H,10H2,1H3. The van der Waals surface area contributed by atoms with E-state index in [9.17, 15) is 8.78 Å². The van der Waals surface area contributed by atoms with Gasteiger partial charge in [-0.15, -0.1) is 0 Å². The molecule has 0 aliphatic carbocycles. The van der Waals surface area contributed by atoms with Gasteiger partial charge in [0, 0.05) is 13.1 Å². The summed E-state index contributed by atoms with van der Waals surface area (Å²) in [5.41, 5.74) is 5.03. The maximum Gasteiger partial charge on any atom is 0.169 e. The van der Waals surface area contributed by atoms with Crippen LogP contribution in [0.4, 0.5) is 20.2 Å². The fraction of sp³-hybridized carbons (Fsp3) is 0.143. The lowest BCUT2D eigenvalue weighted by Gasteiger charge is -2.03. The van der Waals surface area contributed by atoms with E-state index < -0.39 is 11.6 Å². The molecular weight excluding hydrogens is 150 g/mol. The highest BCUT2D eigenvalue weighted by molar-refractivity contribution is 5.56. The van der Waals surface area contributed by atoms with Crippen LogP contribution < -0.4 is 11.1 Å². The van der Waals surface area contributed by atoms with Gasteiger partial charge in [0.15, 0.2) is 5.82 Å². The summed E-state index contributed by atoms with van der Waals surface area (Å²) in [5, 5.41) is 2.48. The van der Waals surface area contributed by atoms with E-state index in [1.807, 2.05) is 0 Å². The predicted molar refractivity (Wildman–Crippen MR) is 40.3 cm³/mol. The van der Waals surface area contributed by atoms with E-state index >= 15 is 0 Å². The average Bonchev–Trinajstić information content (AvgIpc) is 1.96. The van der Waals surface area contributed by atoms with Gasteiger partial charge in [-0.2, -0.15) is 0 Å². The van der Waals surface area contributed by atoms with Gasteiger partial charge in [0.05, 0.1) is 11.4 Å². The van der Waals surface area contributed by atoms with Gasteiger partial charge in [-0.05, 0) is 6.07 Å². The van der Waals surface area contributed by atoms with E-state index in [0.29, 0.717) is 0 Å². The Morgan fingerprint density at radius 1 is 1.36 bits per heavy atom. The monoisotopic (exact) mass is 158 g/mol. The van der Waals surface area contributed by atoms with Crippen LogP contribution >= 0.6 is 0 Å². The predicted octanol–water partition coefficient (Wildman–Crippen LogP) is 1.59. The van der Waals surface area contributed by atoms with E-state index in [1.165, 1.54) is 7.05 Å². The number of benzene rings is 1. The third-order valence-electron chi connectivity index (χ3n) is 1.33. The van der Waals surface area contributed by atoms with Gasteiger partial charge >= 0.3 is 0 Å². The summed E-state index contributed by atoms with van der Waals surface area (Å²) in [6.07, 6.45) is 0. The highest BCUT2D eigenvalue weighted by Gasteiger charge is 2.05. The molecule has 0 radical (unpaired) electrons.